The molecule has 0 saturated carbocycles. The third-order valence-electron chi connectivity index (χ3n) is 2.80. The van der Waals surface area contributed by atoms with Crippen LogP contribution < -0.4 is 0 Å². The standard InChI is InChI=1S/C11H24O2/c1-6-9(7(2)3)11(13)10(12)8(4)5/h7-13H,6H2,1-5H3/t9-,10?,11?/m1/s1. The van der Waals surface area contributed by atoms with E-state index in [1.165, 1.54) is 0 Å². The average Bonchev–Trinajstić information content (AvgIpc) is 2.03. The fraction of sp³-hybridized carbons (Fsp3) is 1.00. The fourth-order valence-electron chi connectivity index (χ4n) is 1.75. The lowest BCUT2D eigenvalue weighted by Crippen LogP contribution is -2.38. The van der Waals surface area contributed by atoms with Gasteiger partial charge in [0.2, 0.25) is 0 Å². The minimum absolute atomic E-state index is 0.128. The van der Waals surface area contributed by atoms with Gasteiger partial charge in [-0.05, 0) is 17.8 Å². The maximum Gasteiger partial charge on any atom is 0.0832 e. The third-order valence-corrected chi connectivity index (χ3v) is 2.80. The Bertz CT molecular complexity index is 132. The zero-order valence-corrected chi connectivity index (χ0v) is 9.49. The Morgan fingerprint density at radius 2 is 1.31 bits per heavy atom. The van der Waals surface area contributed by atoms with Crippen LogP contribution in [0.3, 0.4) is 0 Å². The highest BCUT2D eigenvalue weighted by Gasteiger charge is 2.28. The summed E-state index contributed by atoms with van der Waals surface area (Å²) in [6.07, 6.45) is -0.250. The smallest absolute Gasteiger partial charge is 0.0832 e. The molecule has 0 aromatic heterocycles. The van der Waals surface area contributed by atoms with Gasteiger partial charge in [-0.1, -0.05) is 41.0 Å². The van der Waals surface area contributed by atoms with E-state index in [1.54, 1.807) is 0 Å². The van der Waals surface area contributed by atoms with E-state index in [4.69, 9.17) is 0 Å². The minimum Gasteiger partial charge on any atom is -0.390 e. The second-order valence-corrected chi connectivity index (χ2v) is 4.54. The van der Waals surface area contributed by atoms with Gasteiger partial charge in [0.1, 0.15) is 0 Å². The highest BCUT2D eigenvalue weighted by atomic mass is 16.3. The van der Waals surface area contributed by atoms with Gasteiger partial charge in [0, 0.05) is 0 Å². The quantitative estimate of drug-likeness (QED) is 0.693. The number of hydrogen-bond acceptors (Lipinski definition) is 2. The van der Waals surface area contributed by atoms with E-state index in [9.17, 15) is 10.2 Å². The molecule has 2 heteroatoms. The van der Waals surface area contributed by atoms with E-state index in [0.717, 1.165) is 6.42 Å². The molecule has 0 aliphatic carbocycles. The van der Waals surface area contributed by atoms with Crippen LogP contribution in [-0.2, 0) is 0 Å². The maximum atomic E-state index is 9.87. The SMILES string of the molecule is CC[C@H](C(C)C)C(O)C(O)C(C)C. The summed E-state index contributed by atoms with van der Waals surface area (Å²) in [6.45, 7) is 10.1. The molecule has 0 saturated heterocycles. The van der Waals surface area contributed by atoms with Crippen molar-refractivity contribution in [2.24, 2.45) is 17.8 Å². The number of rotatable bonds is 5. The molecule has 2 unspecified atom stereocenters. The predicted molar refractivity (Wildman–Crippen MR) is 55.5 cm³/mol. The first-order chi connectivity index (χ1) is 5.91. The Morgan fingerprint density at radius 3 is 1.54 bits per heavy atom. The van der Waals surface area contributed by atoms with E-state index in [1.807, 2.05) is 13.8 Å². The van der Waals surface area contributed by atoms with Crippen molar-refractivity contribution in [2.75, 3.05) is 0 Å². The summed E-state index contributed by atoms with van der Waals surface area (Å²) >= 11 is 0. The Labute approximate surface area is 82.0 Å². The fourth-order valence-corrected chi connectivity index (χ4v) is 1.75. The molecule has 0 aliphatic rings. The van der Waals surface area contributed by atoms with Crippen molar-refractivity contribution in [3.05, 3.63) is 0 Å². The Kier molecular flexibility index (Phi) is 5.57. The number of hydrogen-bond donors (Lipinski definition) is 2. The first-order valence-corrected chi connectivity index (χ1v) is 5.27. The van der Waals surface area contributed by atoms with Crippen molar-refractivity contribution in [1.29, 1.82) is 0 Å². The van der Waals surface area contributed by atoms with Gasteiger partial charge in [-0.25, -0.2) is 0 Å². The van der Waals surface area contributed by atoms with Gasteiger partial charge in [0.25, 0.3) is 0 Å². The van der Waals surface area contributed by atoms with Crippen LogP contribution in [0.1, 0.15) is 41.0 Å². The van der Waals surface area contributed by atoms with Crippen LogP contribution in [0.25, 0.3) is 0 Å². The summed E-state index contributed by atoms with van der Waals surface area (Å²) in [5.74, 6) is 0.758. The van der Waals surface area contributed by atoms with E-state index in [2.05, 4.69) is 20.8 Å². The molecular formula is C11H24O2. The van der Waals surface area contributed by atoms with Crippen molar-refractivity contribution in [3.8, 4) is 0 Å². The topological polar surface area (TPSA) is 40.5 Å². The first-order valence-electron chi connectivity index (χ1n) is 5.27. The van der Waals surface area contributed by atoms with Gasteiger partial charge >= 0.3 is 0 Å². The normalized spacial score (nSPS) is 19.2. The Morgan fingerprint density at radius 1 is 0.846 bits per heavy atom. The van der Waals surface area contributed by atoms with Crippen LogP contribution in [0.4, 0.5) is 0 Å². The largest absolute Gasteiger partial charge is 0.390 e. The van der Waals surface area contributed by atoms with Gasteiger partial charge < -0.3 is 10.2 Å². The lowest BCUT2D eigenvalue weighted by Gasteiger charge is -2.30. The van der Waals surface area contributed by atoms with E-state index >= 15 is 0 Å². The van der Waals surface area contributed by atoms with Gasteiger partial charge in [0.05, 0.1) is 12.2 Å². The van der Waals surface area contributed by atoms with Gasteiger partial charge in [-0.3, -0.25) is 0 Å². The molecule has 0 bridgehead atoms. The molecule has 0 radical (unpaired) electrons. The molecule has 0 aromatic carbocycles. The van der Waals surface area contributed by atoms with Crippen molar-refractivity contribution in [2.45, 2.75) is 53.2 Å². The van der Waals surface area contributed by atoms with Crippen molar-refractivity contribution < 1.29 is 10.2 Å². The van der Waals surface area contributed by atoms with Gasteiger partial charge in [-0.2, -0.15) is 0 Å². The van der Waals surface area contributed by atoms with Crippen molar-refractivity contribution in [1.82, 2.24) is 0 Å². The predicted octanol–water partition coefficient (Wildman–Crippen LogP) is 2.05. The third kappa shape index (κ3) is 3.65. The molecule has 2 nitrogen and oxygen atoms in total. The highest BCUT2D eigenvalue weighted by molar-refractivity contribution is 4.78. The summed E-state index contributed by atoms with van der Waals surface area (Å²) in [6, 6.07) is 0. The molecule has 0 spiro atoms. The Hall–Kier alpha value is -0.0800. The number of aliphatic hydroxyl groups excluding tert-OH is 2. The Balaban J connectivity index is 4.27. The molecule has 0 heterocycles. The van der Waals surface area contributed by atoms with Crippen LogP contribution in [-0.4, -0.2) is 22.4 Å². The van der Waals surface area contributed by atoms with Crippen LogP contribution in [0.15, 0.2) is 0 Å². The van der Waals surface area contributed by atoms with Crippen molar-refractivity contribution in [3.63, 3.8) is 0 Å². The molecule has 0 aliphatic heterocycles. The monoisotopic (exact) mass is 188 g/mol. The zero-order valence-electron chi connectivity index (χ0n) is 9.49. The van der Waals surface area contributed by atoms with Crippen LogP contribution in [0.5, 0.6) is 0 Å². The van der Waals surface area contributed by atoms with Crippen LogP contribution in [0.2, 0.25) is 0 Å². The maximum absolute atomic E-state index is 9.87. The van der Waals surface area contributed by atoms with Crippen molar-refractivity contribution >= 4 is 0 Å². The van der Waals surface area contributed by atoms with Crippen LogP contribution in [0, 0.1) is 17.8 Å². The van der Waals surface area contributed by atoms with E-state index in [0.29, 0.717) is 5.92 Å². The first kappa shape index (κ1) is 12.9. The summed E-state index contributed by atoms with van der Waals surface area (Å²) in [5, 5.41) is 19.6. The zero-order chi connectivity index (χ0) is 10.6. The molecule has 80 valence electrons. The van der Waals surface area contributed by atoms with Gasteiger partial charge in [0.15, 0.2) is 0 Å². The van der Waals surface area contributed by atoms with Crippen LogP contribution >= 0.6 is 0 Å². The molecule has 0 rings (SSSR count). The molecule has 3 atom stereocenters. The molecular weight excluding hydrogens is 164 g/mol. The average molecular weight is 188 g/mol. The lowest BCUT2D eigenvalue weighted by molar-refractivity contribution is -0.0519. The minimum atomic E-state index is -0.590. The molecule has 2 N–H and O–H groups in total. The summed E-state index contributed by atoms with van der Waals surface area (Å²) < 4.78 is 0. The number of aliphatic hydroxyl groups is 2. The highest BCUT2D eigenvalue weighted by Crippen LogP contribution is 2.23. The molecule has 0 amide bonds. The van der Waals surface area contributed by atoms with Gasteiger partial charge in [-0.15, -0.1) is 0 Å². The lowest BCUT2D eigenvalue weighted by atomic mass is 9.83. The molecule has 0 fully saturated rings. The van der Waals surface area contributed by atoms with E-state index in [-0.39, 0.29) is 11.8 Å². The summed E-state index contributed by atoms with van der Waals surface area (Å²) in [5.41, 5.74) is 0. The second-order valence-electron chi connectivity index (χ2n) is 4.54. The summed E-state index contributed by atoms with van der Waals surface area (Å²) in [4.78, 5) is 0. The molecule has 13 heavy (non-hydrogen) atoms. The molecule has 0 aromatic rings. The summed E-state index contributed by atoms with van der Waals surface area (Å²) in [7, 11) is 0. The second kappa shape index (κ2) is 5.61. The van der Waals surface area contributed by atoms with E-state index < -0.39 is 12.2 Å².